The van der Waals surface area contributed by atoms with Crippen LogP contribution >= 0.6 is 0 Å². The van der Waals surface area contributed by atoms with E-state index in [0.29, 0.717) is 11.5 Å². The van der Waals surface area contributed by atoms with Gasteiger partial charge in [0.2, 0.25) is 0 Å². The molecule has 3 heterocycles. The molecule has 9 rings (SSSR count). The molecule has 61 heavy (non-hydrogen) atoms. The summed E-state index contributed by atoms with van der Waals surface area (Å²) in [6.45, 7) is 20.0. The second kappa shape index (κ2) is 16.2. The normalized spacial score (nSPS) is 13.2. The van der Waals surface area contributed by atoms with Gasteiger partial charge in [-0.2, -0.15) is 6.07 Å². The minimum Gasteiger partial charge on any atom is -0.509 e. The smallest absolute Gasteiger partial charge is 0.135 e. The van der Waals surface area contributed by atoms with Crippen LogP contribution in [-0.2, 0) is 37.3 Å². The summed E-state index contributed by atoms with van der Waals surface area (Å²) in [5, 5.41) is 2.21. The average molecular weight is 979 g/mol. The number of hydrogen-bond donors (Lipinski definition) is 0. The number of rotatable bonds is 8. The van der Waals surface area contributed by atoms with Crippen LogP contribution in [0.5, 0.6) is 11.5 Å². The quantitative estimate of drug-likeness (QED) is 0.142. The van der Waals surface area contributed by atoms with Crippen molar-refractivity contribution in [2.45, 2.75) is 71.6 Å². The Labute approximate surface area is 375 Å². The predicted molar refractivity (Wildman–Crippen MR) is 249 cm³/mol. The van der Waals surface area contributed by atoms with Crippen LogP contribution in [0.1, 0.15) is 77.6 Å². The largest absolute Gasteiger partial charge is 0.509 e. The van der Waals surface area contributed by atoms with Gasteiger partial charge in [-0.15, -0.1) is 53.6 Å². The van der Waals surface area contributed by atoms with Crippen molar-refractivity contribution in [3.63, 3.8) is 0 Å². The summed E-state index contributed by atoms with van der Waals surface area (Å²) in [6.07, 6.45) is 6.07. The van der Waals surface area contributed by atoms with Gasteiger partial charge in [-0.3, -0.25) is 0 Å². The van der Waals surface area contributed by atoms with E-state index < -0.39 is 0 Å². The molecule has 0 N–H and O–H groups in total. The molecule has 1 aliphatic rings. The van der Waals surface area contributed by atoms with Gasteiger partial charge >= 0.3 is 0 Å². The maximum absolute atomic E-state index is 6.85. The van der Waals surface area contributed by atoms with Crippen molar-refractivity contribution >= 4 is 33.2 Å². The SMILES string of the molecule is CC(C)(C)c1ccc(N2C=CN(c3[c-]c(Oc4[c-]c5c(cc4)c4cc(-c6ccccc6)ccc4n5-c4cc(C(C)(C)C)ccn4)cc(C(C)(C)c4ccccc4)c3)[CH-]2)cc1.[Pt]. The van der Waals surface area contributed by atoms with Crippen molar-refractivity contribution in [3.05, 3.63) is 199 Å². The molecular formula is C55H51N4OPt-3. The van der Waals surface area contributed by atoms with Crippen LogP contribution in [0.25, 0.3) is 38.8 Å². The standard InChI is InChI=1S/C55H51N4O.Pt/c1-53(2,3)40-20-22-44(23-21-40)57-29-30-58(37-57)45-32-43(55(7,8)41-17-13-10-14-18-41)33-47(35-45)60-46-24-25-48-49-31-39(38-15-11-9-12-16-38)19-26-50(49)59(51(48)36-46)52-34-42(27-28-56-52)54(4,5)6;/h9-34,37H,1-8H3;/q-3;. The molecule has 5 nitrogen and oxygen atoms in total. The molecule has 310 valence electrons. The topological polar surface area (TPSA) is 33.5 Å². The van der Waals surface area contributed by atoms with Crippen LogP contribution < -0.4 is 14.5 Å². The summed E-state index contributed by atoms with van der Waals surface area (Å²) in [5.74, 6) is 2.05. The van der Waals surface area contributed by atoms with Gasteiger partial charge < -0.3 is 19.1 Å². The van der Waals surface area contributed by atoms with Crippen LogP contribution in [0.3, 0.4) is 0 Å². The van der Waals surface area contributed by atoms with E-state index >= 15 is 0 Å². The van der Waals surface area contributed by atoms with Gasteiger partial charge in [0.1, 0.15) is 5.82 Å². The van der Waals surface area contributed by atoms with E-state index in [1.165, 1.54) is 22.3 Å². The van der Waals surface area contributed by atoms with Gasteiger partial charge in [0.15, 0.2) is 0 Å². The summed E-state index contributed by atoms with van der Waals surface area (Å²) in [4.78, 5) is 9.18. The molecule has 2 aromatic heterocycles. The third-order valence-corrected chi connectivity index (χ3v) is 11.8. The Morgan fingerprint density at radius 1 is 0.541 bits per heavy atom. The van der Waals surface area contributed by atoms with Gasteiger partial charge in [-0.1, -0.05) is 146 Å². The first kappa shape index (κ1) is 41.8. The molecule has 6 heteroatoms. The van der Waals surface area contributed by atoms with E-state index in [9.17, 15) is 0 Å². The molecule has 0 saturated carbocycles. The first-order chi connectivity index (χ1) is 28.7. The monoisotopic (exact) mass is 978 g/mol. The molecule has 0 amide bonds. The molecule has 0 radical (unpaired) electrons. The average Bonchev–Trinajstić information content (AvgIpc) is 3.87. The van der Waals surface area contributed by atoms with Crippen molar-refractivity contribution in [2.75, 3.05) is 9.80 Å². The summed E-state index contributed by atoms with van der Waals surface area (Å²) < 4.78 is 9.07. The van der Waals surface area contributed by atoms with Gasteiger partial charge in [-0.05, 0) is 92.2 Å². The number of aromatic nitrogens is 2. The number of pyridine rings is 1. The van der Waals surface area contributed by atoms with Gasteiger partial charge in [0.25, 0.3) is 0 Å². The van der Waals surface area contributed by atoms with Crippen LogP contribution in [0.4, 0.5) is 11.4 Å². The number of ether oxygens (including phenoxy) is 1. The van der Waals surface area contributed by atoms with Gasteiger partial charge in [0.05, 0.1) is 0 Å². The Bertz CT molecular complexity index is 2860. The fourth-order valence-corrected chi connectivity index (χ4v) is 8.05. The maximum Gasteiger partial charge on any atom is 0.135 e. The molecule has 0 spiro atoms. The van der Waals surface area contributed by atoms with Crippen LogP contribution in [0, 0.1) is 18.8 Å². The fourth-order valence-electron chi connectivity index (χ4n) is 8.05. The van der Waals surface area contributed by atoms with Crippen LogP contribution in [0.2, 0.25) is 0 Å². The number of fused-ring (bicyclic) bond motifs is 3. The molecule has 0 aliphatic carbocycles. The molecule has 0 atom stereocenters. The van der Waals surface area contributed by atoms with Crippen LogP contribution in [-0.4, -0.2) is 9.55 Å². The summed E-state index contributed by atoms with van der Waals surface area (Å²) in [6, 6.07) is 56.8. The third-order valence-electron chi connectivity index (χ3n) is 11.8. The Hall–Kier alpha value is -5.90. The number of benzene rings is 6. The van der Waals surface area contributed by atoms with Gasteiger partial charge in [0, 0.05) is 50.0 Å². The second-order valence-electron chi connectivity index (χ2n) is 18.4. The Kier molecular flexibility index (Phi) is 11.1. The van der Waals surface area contributed by atoms with E-state index in [2.05, 4.69) is 234 Å². The van der Waals surface area contributed by atoms with E-state index in [1.807, 2.05) is 12.3 Å². The summed E-state index contributed by atoms with van der Waals surface area (Å²) in [5.41, 5.74) is 10.8. The van der Waals surface area contributed by atoms with E-state index in [4.69, 9.17) is 9.72 Å². The van der Waals surface area contributed by atoms with Crippen molar-refractivity contribution in [1.82, 2.24) is 9.55 Å². The third kappa shape index (κ3) is 8.29. The predicted octanol–water partition coefficient (Wildman–Crippen LogP) is 14.1. The first-order valence-electron chi connectivity index (χ1n) is 20.8. The zero-order chi connectivity index (χ0) is 41.8. The zero-order valence-electron chi connectivity index (χ0n) is 36.1. The van der Waals surface area contributed by atoms with Crippen LogP contribution in [0.15, 0.2) is 158 Å². The van der Waals surface area contributed by atoms with Crippen molar-refractivity contribution < 1.29 is 25.8 Å². The summed E-state index contributed by atoms with van der Waals surface area (Å²) in [7, 11) is 0. The Balaban J connectivity index is 0.00000514. The number of anilines is 2. The van der Waals surface area contributed by atoms with E-state index in [1.54, 1.807) is 0 Å². The molecule has 6 aromatic carbocycles. The molecule has 8 aromatic rings. The Morgan fingerprint density at radius 2 is 1.23 bits per heavy atom. The minimum absolute atomic E-state index is 0. The maximum atomic E-state index is 6.85. The molecule has 0 fully saturated rings. The van der Waals surface area contributed by atoms with Crippen molar-refractivity contribution in [2.24, 2.45) is 0 Å². The molecule has 0 saturated heterocycles. The number of nitrogens with zero attached hydrogens (tertiary/aromatic N) is 4. The van der Waals surface area contributed by atoms with E-state index in [-0.39, 0.29) is 37.3 Å². The summed E-state index contributed by atoms with van der Waals surface area (Å²) >= 11 is 0. The van der Waals surface area contributed by atoms with Gasteiger partial charge in [-0.25, -0.2) is 4.98 Å². The van der Waals surface area contributed by atoms with Crippen molar-refractivity contribution in [3.8, 4) is 28.4 Å². The van der Waals surface area contributed by atoms with Crippen molar-refractivity contribution in [1.29, 1.82) is 0 Å². The molecule has 0 bridgehead atoms. The fraction of sp³-hybridized carbons (Fsp3) is 0.200. The molecule has 0 unspecified atom stereocenters. The second-order valence-corrected chi connectivity index (χ2v) is 18.4. The first-order valence-corrected chi connectivity index (χ1v) is 20.8. The Morgan fingerprint density at radius 3 is 1.93 bits per heavy atom. The zero-order valence-corrected chi connectivity index (χ0v) is 38.4. The minimum atomic E-state index is -0.324. The van der Waals surface area contributed by atoms with E-state index in [0.717, 1.165) is 50.1 Å². The number of hydrogen-bond acceptors (Lipinski definition) is 4. The molecular weight excluding hydrogens is 928 g/mol. The molecule has 1 aliphatic heterocycles.